The predicted molar refractivity (Wildman–Crippen MR) is 46.6 cm³/mol. The summed E-state index contributed by atoms with van der Waals surface area (Å²) < 4.78 is 31.0. The van der Waals surface area contributed by atoms with E-state index in [9.17, 15) is 8.42 Å². The van der Waals surface area contributed by atoms with Crippen molar-refractivity contribution in [1.29, 1.82) is 0 Å². The Morgan fingerprint density at radius 1 is 1.38 bits per heavy atom. The zero-order valence-corrected chi connectivity index (χ0v) is 8.00. The fraction of sp³-hybridized carbons (Fsp3) is 0.571. The summed E-state index contributed by atoms with van der Waals surface area (Å²) in [7, 11) is -3.78. The Hall–Kier alpha value is -0.880. The molecule has 0 saturated heterocycles. The van der Waals surface area contributed by atoms with E-state index in [-0.39, 0.29) is 5.75 Å². The number of H-pyrrole nitrogens is 1. The Morgan fingerprint density at radius 2 is 2.15 bits per heavy atom. The molecule has 1 aromatic heterocycles. The van der Waals surface area contributed by atoms with Gasteiger partial charge < -0.3 is 0 Å². The number of rotatable bonds is 5. The number of aromatic nitrogens is 2. The fourth-order valence-corrected chi connectivity index (χ4v) is 1.60. The number of aryl methyl sites for hydroxylation is 1. The first kappa shape index (κ1) is 10.2. The monoisotopic (exact) mass is 205 g/mol. The van der Waals surface area contributed by atoms with E-state index in [0.717, 1.165) is 13.0 Å². The average molecular weight is 205 g/mol. The molecule has 13 heavy (non-hydrogen) atoms. The van der Waals surface area contributed by atoms with Gasteiger partial charge >= 0.3 is 0 Å². The lowest BCUT2D eigenvalue weighted by Gasteiger charge is -1.94. The van der Waals surface area contributed by atoms with Crippen LogP contribution >= 0.6 is 0 Å². The number of nitrogens with zero attached hydrogens (tertiary/aromatic N) is 1. The second kappa shape index (κ2) is 4.38. The van der Waals surface area contributed by atoms with Crippen LogP contribution in [0.1, 0.15) is 12.8 Å². The molecular formula is C7H13N2O3S+. The molecule has 1 heterocycles. The number of hydrogen-bond acceptors (Lipinski definition) is 2. The van der Waals surface area contributed by atoms with Crippen molar-refractivity contribution in [3.63, 3.8) is 0 Å². The van der Waals surface area contributed by atoms with E-state index < -0.39 is 10.1 Å². The number of hydrogen-bond donors (Lipinski definition) is 2. The van der Waals surface area contributed by atoms with E-state index in [1.807, 2.05) is 16.9 Å². The van der Waals surface area contributed by atoms with E-state index in [4.69, 9.17) is 4.55 Å². The van der Waals surface area contributed by atoms with Crippen molar-refractivity contribution in [3.05, 3.63) is 18.5 Å². The topological polar surface area (TPSA) is 74.0 Å². The lowest BCUT2D eigenvalue weighted by atomic mass is 10.3. The van der Waals surface area contributed by atoms with Crippen molar-refractivity contribution >= 4 is 10.1 Å². The van der Waals surface area contributed by atoms with Gasteiger partial charge in [-0.05, 0) is 6.42 Å². The molecule has 0 aliphatic heterocycles. The molecule has 74 valence electrons. The van der Waals surface area contributed by atoms with Gasteiger partial charge in [-0.3, -0.25) is 4.55 Å². The van der Waals surface area contributed by atoms with E-state index >= 15 is 0 Å². The highest BCUT2D eigenvalue weighted by atomic mass is 32.2. The summed E-state index contributed by atoms with van der Waals surface area (Å²) in [5, 5.41) is 2.94. The average Bonchev–Trinajstić information content (AvgIpc) is 2.48. The Morgan fingerprint density at radius 3 is 2.69 bits per heavy atom. The van der Waals surface area contributed by atoms with Gasteiger partial charge in [0, 0.05) is 12.5 Å². The molecule has 0 saturated carbocycles. The van der Waals surface area contributed by atoms with Crippen molar-refractivity contribution in [2.75, 3.05) is 5.75 Å². The highest BCUT2D eigenvalue weighted by Gasteiger charge is 2.05. The Bertz CT molecular complexity index is 331. The summed E-state index contributed by atoms with van der Waals surface area (Å²) in [6.45, 7) is 0.739. The van der Waals surface area contributed by atoms with Gasteiger partial charge in [-0.1, -0.05) is 0 Å². The Kier molecular flexibility index (Phi) is 3.44. The minimum atomic E-state index is -3.78. The molecule has 0 aliphatic rings. The van der Waals surface area contributed by atoms with Crippen LogP contribution in [0, 0.1) is 0 Å². The zero-order chi connectivity index (χ0) is 9.73. The lowest BCUT2D eigenvalue weighted by molar-refractivity contribution is -0.750. The standard InChI is InChI=1S/C7H12N2O3S/c10-13(11,12)7-2-1-5-9-6-3-4-8-9/h3-4,6H,1-2,5,7H2,(H,10,11,12)/p+1. The molecule has 0 bridgehead atoms. The maximum absolute atomic E-state index is 10.3. The summed E-state index contributed by atoms with van der Waals surface area (Å²) in [6.07, 6.45) is 4.87. The summed E-state index contributed by atoms with van der Waals surface area (Å²) in [6, 6.07) is 1.86. The maximum Gasteiger partial charge on any atom is 0.264 e. The molecule has 0 fully saturated rings. The molecule has 0 aromatic carbocycles. The smallest absolute Gasteiger partial charge is 0.264 e. The first-order chi connectivity index (χ1) is 6.08. The minimum absolute atomic E-state index is 0.158. The number of aromatic amines is 1. The third-order valence-electron chi connectivity index (χ3n) is 1.65. The minimum Gasteiger partial charge on any atom is -0.286 e. The van der Waals surface area contributed by atoms with E-state index in [0.29, 0.717) is 6.42 Å². The summed E-state index contributed by atoms with van der Waals surface area (Å²) in [5.74, 6) is -0.158. The largest absolute Gasteiger partial charge is 0.286 e. The van der Waals surface area contributed by atoms with Gasteiger partial charge in [-0.2, -0.15) is 13.5 Å². The van der Waals surface area contributed by atoms with Crippen LogP contribution < -0.4 is 4.68 Å². The van der Waals surface area contributed by atoms with Crippen LogP contribution in [-0.2, 0) is 16.7 Å². The van der Waals surface area contributed by atoms with Gasteiger partial charge in [0.1, 0.15) is 0 Å². The van der Waals surface area contributed by atoms with Crippen molar-refractivity contribution in [2.45, 2.75) is 19.4 Å². The lowest BCUT2D eigenvalue weighted by Crippen LogP contribution is -2.34. The molecule has 0 amide bonds. The van der Waals surface area contributed by atoms with Crippen LogP contribution in [0.2, 0.25) is 0 Å². The predicted octanol–water partition coefficient (Wildman–Crippen LogP) is -0.0298. The maximum atomic E-state index is 10.3. The van der Waals surface area contributed by atoms with Gasteiger partial charge in [0.15, 0.2) is 12.7 Å². The molecule has 6 heteroatoms. The van der Waals surface area contributed by atoms with Gasteiger partial charge in [-0.15, -0.1) is 4.68 Å². The third kappa shape index (κ3) is 4.64. The molecule has 5 nitrogen and oxygen atoms in total. The molecule has 1 rings (SSSR count). The molecule has 0 atom stereocenters. The normalized spacial score (nSPS) is 11.8. The van der Waals surface area contributed by atoms with Crippen LogP contribution in [0.15, 0.2) is 18.5 Å². The first-order valence-corrected chi connectivity index (χ1v) is 5.67. The Labute approximate surface area is 77.1 Å². The van der Waals surface area contributed by atoms with E-state index in [1.165, 1.54) is 0 Å². The van der Waals surface area contributed by atoms with E-state index in [1.54, 1.807) is 6.20 Å². The molecule has 0 spiro atoms. The summed E-state index contributed by atoms with van der Waals surface area (Å²) in [4.78, 5) is 0. The second-order valence-corrected chi connectivity index (χ2v) is 4.40. The van der Waals surface area contributed by atoms with Gasteiger partial charge in [0.2, 0.25) is 0 Å². The Balaban J connectivity index is 2.16. The van der Waals surface area contributed by atoms with E-state index in [2.05, 4.69) is 5.10 Å². The number of unbranched alkanes of at least 4 members (excludes halogenated alkanes) is 1. The third-order valence-corrected chi connectivity index (χ3v) is 2.46. The van der Waals surface area contributed by atoms with Gasteiger partial charge in [0.05, 0.1) is 11.9 Å². The van der Waals surface area contributed by atoms with Crippen molar-refractivity contribution in [1.82, 2.24) is 5.10 Å². The van der Waals surface area contributed by atoms with Crippen LogP contribution in [-0.4, -0.2) is 23.8 Å². The quantitative estimate of drug-likeness (QED) is 0.403. The van der Waals surface area contributed by atoms with Gasteiger partial charge in [0.25, 0.3) is 10.1 Å². The second-order valence-electron chi connectivity index (χ2n) is 2.82. The molecule has 0 radical (unpaired) electrons. The van der Waals surface area contributed by atoms with Crippen molar-refractivity contribution < 1.29 is 17.7 Å². The van der Waals surface area contributed by atoms with Crippen LogP contribution in [0.25, 0.3) is 0 Å². The highest BCUT2D eigenvalue weighted by molar-refractivity contribution is 7.85. The highest BCUT2D eigenvalue weighted by Crippen LogP contribution is 1.93. The molecular weight excluding hydrogens is 192 g/mol. The molecule has 0 aliphatic carbocycles. The van der Waals surface area contributed by atoms with Gasteiger partial charge in [-0.25, -0.2) is 0 Å². The summed E-state index contributed by atoms with van der Waals surface area (Å²) in [5.41, 5.74) is 0. The zero-order valence-electron chi connectivity index (χ0n) is 7.18. The first-order valence-electron chi connectivity index (χ1n) is 4.06. The van der Waals surface area contributed by atoms with Crippen LogP contribution in [0.3, 0.4) is 0 Å². The summed E-state index contributed by atoms with van der Waals surface area (Å²) >= 11 is 0. The van der Waals surface area contributed by atoms with Crippen LogP contribution in [0.5, 0.6) is 0 Å². The fourth-order valence-electron chi connectivity index (χ4n) is 1.03. The van der Waals surface area contributed by atoms with Crippen LogP contribution in [0.4, 0.5) is 0 Å². The number of nitrogens with one attached hydrogen (secondary N) is 1. The molecule has 2 N–H and O–H groups in total. The van der Waals surface area contributed by atoms with Crippen molar-refractivity contribution in [2.24, 2.45) is 0 Å². The molecule has 0 unspecified atom stereocenters. The van der Waals surface area contributed by atoms with Crippen molar-refractivity contribution in [3.8, 4) is 0 Å². The SMILES string of the molecule is O=S(=O)(O)CCCC[n+]1ccc[nH]1. The molecule has 1 aromatic rings.